The van der Waals surface area contributed by atoms with Crippen molar-refractivity contribution in [3.63, 3.8) is 0 Å². The van der Waals surface area contributed by atoms with E-state index >= 15 is 0 Å². The number of alkyl halides is 3. The zero-order chi connectivity index (χ0) is 21.8. The Bertz CT molecular complexity index is 1230. The number of aryl methyl sites for hydroxylation is 1. The minimum absolute atomic E-state index is 0.152. The van der Waals surface area contributed by atoms with Gasteiger partial charge in [0.05, 0.1) is 15.6 Å². The van der Waals surface area contributed by atoms with Gasteiger partial charge in [-0.05, 0) is 61.9 Å². The highest BCUT2D eigenvalue weighted by Gasteiger charge is 2.33. The molecule has 0 radical (unpaired) electrons. The van der Waals surface area contributed by atoms with E-state index in [4.69, 9.17) is 23.2 Å². The van der Waals surface area contributed by atoms with Gasteiger partial charge < -0.3 is 9.88 Å². The number of benzene rings is 2. The van der Waals surface area contributed by atoms with Gasteiger partial charge in [0.1, 0.15) is 0 Å². The molecule has 1 aliphatic rings. The highest BCUT2D eigenvalue weighted by atomic mass is 35.5. The first-order valence-corrected chi connectivity index (χ1v) is 9.71. The molecule has 0 spiro atoms. The number of amides is 1. The summed E-state index contributed by atoms with van der Waals surface area (Å²) in [6.07, 6.45) is -2.79. The summed E-state index contributed by atoms with van der Waals surface area (Å²) in [5, 5.41) is 3.39. The second-order valence-corrected chi connectivity index (χ2v) is 7.84. The van der Waals surface area contributed by atoms with Crippen molar-refractivity contribution in [2.24, 2.45) is 0 Å². The summed E-state index contributed by atoms with van der Waals surface area (Å²) >= 11 is 12.1. The molecule has 0 atom stereocenters. The lowest BCUT2D eigenvalue weighted by atomic mass is 10.0. The number of fused-ring (bicyclic) bond motifs is 1. The van der Waals surface area contributed by atoms with Crippen molar-refractivity contribution in [3.05, 3.63) is 80.6 Å². The van der Waals surface area contributed by atoms with Crippen LogP contribution in [-0.2, 0) is 11.0 Å². The minimum Gasteiger partial charge on any atom is -0.321 e. The summed E-state index contributed by atoms with van der Waals surface area (Å²) in [7, 11) is 0. The summed E-state index contributed by atoms with van der Waals surface area (Å²) in [5.74, 6) is -0.441. The molecule has 0 saturated carbocycles. The van der Waals surface area contributed by atoms with Gasteiger partial charge in [-0.1, -0.05) is 29.3 Å². The van der Waals surface area contributed by atoms with Gasteiger partial charge in [0.2, 0.25) is 0 Å². The smallest absolute Gasteiger partial charge is 0.321 e. The summed E-state index contributed by atoms with van der Waals surface area (Å²) < 4.78 is 40.9. The van der Waals surface area contributed by atoms with Gasteiger partial charge in [-0.15, -0.1) is 0 Å². The van der Waals surface area contributed by atoms with Crippen molar-refractivity contribution >= 4 is 46.4 Å². The van der Waals surface area contributed by atoms with E-state index in [1.54, 1.807) is 18.2 Å². The molecule has 1 aliphatic heterocycles. The third-order valence-electron chi connectivity index (χ3n) is 5.06. The molecule has 3 nitrogen and oxygen atoms in total. The van der Waals surface area contributed by atoms with Crippen molar-refractivity contribution in [1.29, 1.82) is 0 Å². The predicted octanol–water partition coefficient (Wildman–Crippen LogP) is 6.91. The summed E-state index contributed by atoms with van der Waals surface area (Å²) in [5.41, 5.74) is 3.45. The molecule has 1 aromatic heterocycles. The highest BCUT2D eigenvalue weighted by Crippen LogP contribution is 2.39. The van der Waals surface area contributed by atoms with Gasteiger partial charge in [-0.25, -0.2) is 0 Å². The number of rotatable bonds is 2. The quantitative estimate of drug-likeness (QED) is 0.422. The number of aromatic nitrogens is 1. The van der Waals surface area contributed by atoms with Crippen LogP contribution in [0.1, 0.15) is 28.1 Å². The van der Waals surface area contributed by atoms with Gasteiger partial charge >= 0.3 is 6.18 Å². The lowest BCUT2D eigenvalue weighted by Crippen LogP contribution is -2.06. The van der Waals surface area contributed by atoms with Crippen LogP contribution in [0.2, 0.25) is 10.0 Å². The largest absolute Gasteiger partial charge is 0.416 e. The Kier molecular flexibility index (Phi) is 4.95. The molecule has 1 N–H and O–H groups in total. The molecule has 4 rings (SSSR count). The summed E-state index contributed by atoms with van der Waals surface area (Å²) in [6, 6.07) is 10.4. The minimum atomic E-state index is -4.48. The molecule has 0 bridgehead atoms. The maximum atomic E-state index is 13.0. The van der Waals surface area contributed by atoms with Crippen molar-refractivity contribution in [3.8, 4) is 5.69 Å². The fourth-order valence-electron chi connectivity index (χ4n) is 3.62. The van der Waals surface area contributed by atoms with Crippen LogP contribution in [0.25, 0.3) is 17.3 Å². The molecule has 0 aliphatic carbocycles. The number of nitrogens with one attached hydrogen (secondary N) is 1. The molecule has 2 aromatic carbocycles. The molecule has 3 aromatic rings. The average Bonchev–Trinajstić information content (AvgIpc) is 3.12. The number of hydrogen-bond donors (Lipinski definition) is 1. The Morgan fingerprint density at radius 3 is 2.40 bits per heavy atom. The lowest BCUT2D eigenvalue weighted by molar-refractivity contribution is -0.137. The van der Waals surface area contributed by atoms with Gasteiger partial charge in [0.25, 0.3) is 5.91 Å². The molecule has 2 heterocycles. The number of halogens is 5. The number of carbonyl (C=O) groups excluding carboxylic acids is 1. The van der Waals surface area contributed by atoms with Gasteiger partial charge in [-0.3, -0.25) is 4.79 Å². The monoisotopic (exact) mass is 450 g/mol. The molecule has 0 saturated heterocycles. The zero-order valence-corrected chi connectivity index (χ0v) is 17.4. The van der Waals surface area contributed by atoms with Crippen molar-refractivity contribution in [2.75, 3.05) is 5.32 Å². The van der Waals surface area contributed by atoms with E-state index in [-0.39, 0.29) is 5.69 Å². The number of anilines is 1. The molecule has 8 heteroatoms. The van der Waals surface area contributed by atoms with E-state index < -0.39 is 17.6 Å². The van der Waals surface area contributed by atoms with Crippen LogP contribution in [0.3, 0.4) is 0 Å². The van der Waals surface area contributed by atoms with Gasteiger partial charge in [-0.2, -0.15) is 13.2 Å². The fraction of sp³-hybridized carbons (Fsp3) is 0.136. The normalized spacial score (nSPS) is 14.9. The standard InChI is InChI=1S/C22H15Cl2F3N2O/c1-11-7-13(12(2)29(11)15-4-6-18(23)19(24)10-15)8-17-16-5-3-14(22(25,26)27)9-20(16)28-21(17)30/h3-10H,1-2H3,(H,28,30)/b17-8+. The van der Waals surface area contributed by atoms with Crippen LogP contribution >= 0.6 is 23.2 Å². The van der Waals surface area contributed by atoms with E-state index in [9.17, 15) is 18.0 Å². The van der Waals surface area contributed by atoms with E-state index in [0.717, 1.165) is 34.8 Å². The second-order valence-electron chi connectivity index (χ2n) is 7.03. The zero-order valence-electron chi connectivity index (χ0n) is 15.9. The Hall–Kier alpha value is -2.70. The van der Waals surface area contributed by atoms with Crippen LogP contribution in [0.5, 0.6) is 0 Å². The topological polar surface area (TPSA) is 34.0 Å². The molecule has 1 amide bonds. The van der Waals surface area contributed by atoms with Gasteiger partial charge in [0.15, 0.2) is 0 Å². The van der Waals surface area contributed by atoms with E-state index in [0.29, 0.717) is 21.2 Å². The summed E-state index contributed by atoms with van der Waals surface area (Å²) in [6.45, 7) is 3.80. The first-order chi connectivity index (χ1) is 14.1. The second kappa shape index (κ2) is 7.22. The predicted molar refractivity (Wildman–Crippen MR) is 113 cm³/mol. The molecule has 30 heavy (non-hydrogen) atoms. The third-order valence-corrected chi connectivity index (χ3v) is 5.80. The first-order valence-electron chi connectivity index (χ1n) is 8.95. The number of carbonyl (C=O) groups is 1. The number of nitrogens with zero attached hydrogens (tertiary/aromatic N) is 1. The Morgan fingerprint density at radius 2 is 1.73 bits per heavy atom. The van der Waals surface area contributed by atoms with Crippen LogP contribution < -0.4 is 5.32 Å². The van der Waals surface area contributed by atoms with Crippen LogP contribution in [0.15, 0.2) is 42.5 Å². The van der Waals surface area contributed by atoms with Crippen LogP contribution in [0.4, 0.5) is 18.9 Å². The number of hydrogen-bond acceptors (Lipinski definition) is 1. The lowest BCUT2D eigenvalue weighted by Gasteiger charge is -2.11. The Morgan fingerprint density at radius 1 is 1.00 bits per heavy atom. The fourth-order valence-corrected chi connectivity index (χ4v) is 3.92. The van der Waals surface area contributed by atoms with Crippen LogP contribution in [0, 0.1) is 13.8 Å². The maximum absolute atomic E-state index is 13.0. The molecular weight excluding hydrogens is 436 g/mol. The third kappa shape index (κ3) is 3.50. The Labute approximate surface area is 180 Å². The molecular formula is C22H15Cl2F3N2O. The van der Waals surface area contributed by atoms with Crippen molar-refractivity contribution in [2.45, 2.75) is 20.0 Å². The van der Waals surface area contributed by atoms with E-state index in [1.165, 1.54) is 6.07 Å². The maximum Gasteiger partial charge on any atom is 0.416 e. The molecule has 154 valence electrons. The van der Waals surface area contributed by atoms with Crippen molar-refractivity contribution in [1.82, 2.24) is 4.57 Å². The molecule has 0 fully saturated rings. The summed E-state index contributed by atoms with van der Waals surface area (Å²) in [4.78, 5) is 12.5. The van der Waals surface area contributed by atoms with E-state index in [2.05, 4.69) is 5.32 Å². The first kappa shape index (κ1) is 20.6. The van der Waals surface area contributed by atoms with Crippen LogP contribution in [-0.4, -0.2) is 10.5 Å². The van der Waals surface area contributed by atoms with Gasteiger partial charge in [0, 0.05) is 33.9 Å². The molecule has 0 unspecified atom stereocenters. The average molecular weight is 451 g/mol. The van der Waals surface area contributed by atoms with E-state index in [1.807, 2.05) is 30.5 Å². The van der Waals surface area contributed by atoms with Crippen molar-refractivity contribution < 1.29 is 18.0 Å². The SMILES string of the molecule is Cc1cc(/C=C2/C(=O)Nc3cc(C(F)(F)F)ccc32)c(C)n1-c1ccc(Cl)c(Cl)c1. The Balaban J connectivity index is 1.78. The highest BCUT2D eigenvalue weighted by molar-refractivity contribution is 6.42.